The van der Waals surface area contributed by atoms with Crippen molar-refractivity contribution in [2.24, 2.45) is 5.92 Å². The fourth-order valence-electron chi connectivity index (χ4n) is 3.60. The average molecular weight is 386 g/mol. The van der Waals surface area contributed by atoms with Crippen molar-refractivity contribution < 1.29 is 24.1 Å². The van der Waals surface area contributed by atoms with Crippen molar-refractivity contribution in [1.29, 1.82) is 0 Å². The van der Waals surface area contributed by atoms with Gasteiger partial charge in [-0.3, -0.25) is 9.78 Å². The van der Waals surface area contributed by atoms with E-state index in [1.165, 1.54) is 0 Å². The van der Waals surface area contributed by atoms with Gasteiger partial charge in [0.2, 0.25) is 11.7 Å². The number of carbonyl (C=O) groups is 1. The standard InChI is InChI=1S/C21H26N2O5/c1-26-18-9-15(10-19(27-2)21(18)28-3)11-20(25)23-12-16(17(24)13-23)8-14-4-6-22-7-5-14/h4-7,9-10,16-17,24H,8,11-13H2,1-3H3/t16-,17-/m1/s1. The molecule has 7 nitrogen and oxygen atoms in total. The summed E-state index contributed by atoms with van der Waals surface area (Å²) < 4.78 is 16.0. The summed E-state index contributed by atoms with van der Waals surface area (Å²) in [6.07, 6.45) is 3.87. The van der Waals surface area contributed by atoms with Crippen LogP contribution in [-0.2, 0) is 17.6 Å². The SMILES string of the molecule is COc1cc(CC(=O)N2C[C@@H](Cc3ccncc3)[C@H](O)C2)cc(OC)c1OC. The molecule has 0 saturated carbocycles. The van der Waals surface area contributed by atoms with E-state index in [0.717, 1.165) is 17.5 Å². The van der Waals surface area contributed by atoms with Crippen LogP contribution < -0.4 is 14.2 Å². The summed E-state index contributed by atoms with van der Waals surface area (Å²) in [6, 6.07) is 7.43. The van der Waals surface area contributed by atoms with Crippen LogP contribution in [0.4, 0.5) is 0 Å². The van der Waals surface area contributed by atoms with E-state index in [1.807, 2.05) is 12.1 Å². The molecule has 3 rings (SSSR count). The van der Waals surface area contributed by atoms with E-state index >= 15 is 0 Å². The molecule has 0 aliphatic carbocycles. The van der Waals surface area contributed by atoms with Crippen LogP contribution in [-0.4, -0.2) is 61.4 Å². The molecule has 1 aliphatic heterocycles. The molecule has 0 spiro atoms. The molecule has 0 bridgehead atoms. The van der Waals surface area contributed by atoms with Crippen LogP contribution in [0.2, 0.25) is 0 Å². The first-order valence-corrected chi connectivity index (χ1v) is 9.19. The molecule has 1 N–H and O–H groups in total. The number of likely N-dealkylation sites (tertiary alicyclic amines) is 1. The van der Waals surface area contributed by atoms with E-state index in [2.05, 4.69) is 4.98 Å². The summed E-state index contributed by atoms with van der Waals surface area (Å²) in [5, 5.41) is 10.4. The first-order valence-electron chi connectivity index (χ1n) is 9.19. The molecule has 1 amide bonds. The number of aliphatic hydroxyl groups excluding tert-OH is 1. The van der Waals surface area contributed by atoms with Crippen LogP contribution in [0.3, 0.4) is 0 Å². The first-order chi connectivity index (χ1) is 13.5. The number of aromatic nitrogens is 1. The number of rotatable bonds is 7. The van der Waals surface area contributed by atoms with Crippen LogP contribution in [0, 0.1) is 5.92 Å². The second kappa shape index (κ2) is 8.93. The minimum atomic E-state index is -0.531. The molecule has 7 heteroatoms. The Morgan fingerprint density at radius 1 is 1.07 bits per heavy atom. The molecular formula is C21H26N2O5. The Morgan fingerprint density at radius 2 is 1.71 bits per heavy atom. The Kier molecular flexibility index (Phi) is 6.36. The minimum absolute atomic E-state index is 0.0197. The number of amides is 1. The molecular weight excluding hydrogens is 360 g/mol. The van der Waals surface area contributed by atoms with Gasteiger partial charge in [0.15, 0.2) is 11.5 Å². The lowest BCUT2D eigenvalue weighted by molar-refractivity contribution is -0.129. The lowest BCUT2D eigenvalue weighted by Crippen LogP contribution is -2.31. The van der Waals surface area contributed by atoms with Crippen molar-refractivity contribution in [3.8, 4) is 17.2 Å². The lowest BCUT2D eigenvalue weighted by Gasteiger charge is -2.18. The molecule has 2 aromatic rings. The number of nitrogens with zero attached hydrogens (tertiary/aromatic N) is 2. The molecule has 150 valence electrons. The van der Waals surface area contributed by atoms with E-state index < -0.39 is 6.10 Å². The highest BCUT2D eigenvalue weighted by atomic mass is 16.5. The monoisotopic (exact) mass is 386 g/mol. The molecule has 28 heavy (non-hydrogen) atoms. The first kappa shape index (κ1) is 19.9. The normalized spacial score (nSPS) is 18.8. The molecule has 1 saturated heterocycles. The van der Waals surface area contributed by atoms with Gasteiger partial charge in [-0.2, -0.15) is 0 Å². The lowest BCUT2D eigenvalue weighted by atomic mass is 9.97. The summed E-state index contributed by atoms with van der Waals surface area (Å²) in [7, 11) is 4.63. The van der Waals surface area contributed by atoms with E-state index in [0.29, 0.717) is 30.3 Å². The third-order valence-corrected chi connectivity index (χ3v) is 5.09. The molecule has 1 fully saturated rings. The number of hydrogen-bond donors (Lipinski definition) is 1. The smallest absolute Gasteiger partial charge is 0.227 e. The van der Waals surface area contributed by atoms with Gasteiger partial charge in [-0.1, -0.05) is 0 Å². The Balaban J connectivity index is 1.68. The molecule has 0 radical (unpaired) electrons. The van der Waals surface area contributed by atoms with E-state index in [-0.39, 0.29) is 18.2 Å². The fraction of sp³-hybridized carbons (Fsp3) is 0.429. The molecule has 2 heterocycles. The van der Waals surface area contributed by atoms with Crippen LogP contribution >= 0.6 is 0 Å². The third-order valence-electron chi connectivity index (χ3n) is 5.09. The zero-order valence-electron chi connectivity index (χ0n) is 16.4. The number of pyridine rings is 1. The number of hydrogen-bond acceptors (Lipinski definition) is 6. The summed E-state index contributed by atoms with van der Waals surface area (Å²) >= 11 is 0. The molecule has 1 aromatic heterocycles. The van der Waals surface area contributed by atoms with Crippen molar-refractivity contribution in [1.82, 2.24) is 9.88 Å². The topological polar surface area (TPSA) is 81.1 Å². The van der Waals surface area contributed by atoms with Crippen molar-refractivity contribution in [3.63, 3.8) is 0 Å². The highest BCUT2D eigenvalue weighted by molar-refractivity contribution is 5.79. The predicted octanol–water partition coefficient (Wildman–Crippen LogP) is 1.71. The van der Waals surface area contributed by atoms with Gasteiger partial charge in [-0.15, -0.1) is 0 Å². The van der Waals surface area contributed by atoms with Gasteiger partial charge in [0.25, 0.3) is 0 Å². The van der Waals surface area contributed by atoms with Gasteiger partial charge >= 0.3 is 0 Å². The summed E-state index contributed by atoms with van der Waals surface area (Å²) in [5.41, 5.74) is 1.88. The van der Waals surface area contributed by atoms with Crippen molar-refractivity contribution >= 4 is 5.91 Å². The van der Waals surface area contributed by atoms with E-state index in [9.17, 15) is 9.90 Å². The van der Waals surface area contributed by atoms with E-state index in [1.54, 1.807) is 50.8 Å². The Bertz CT molecular complexity index is 787. The second-order valence-corrected chi connectivity index (χ2v) is 6.90. The Hall–Kier alpha value is -2.80. The quantitative estimate of drug-likeness (QED) is 0.780. The van der Waals surface area contributed by atoms with Crippen molar-refractivity contribution in [2.75, 3.05) is 34.4 Å². The van der Waals surface area contributed by atoms with Gasteiger partial charge in [0, 0.05) is 31.4 Å². The highest BCUT2D eigenvalue weighted by Crippen LogP contribution is 2.38. The average Bonchev–Trinajstić information content (AvgIpc) is 3.08. The third kappa shape index (κ3) is 4.36. The molecule has 1 aromatic carbocycles. The zero-order valence-corrected chi connectivity index (χ0v) is 16.4. The molecule has 1 aliphatic rings. The van der Waals surface area contributed by atoms with Gasteiger partial charge < -0.3 is 24.2 Å². The zero-order chi connectivity index (χ0) is 20.1. The van der Waals surface area contributed by atoms with Crippen molar-refractivity contribution in [2.45, 2.75) is 18.9 Å². The number of aliphatic hydroxyl groups is 1. The Morgan fingerprint density at radius 3 is 2.29 bits per heavy atom. The fourth-order valence-corrected chi connectivity index (χ4v) is 3.60. The number of β-amino-alcohol motifs (C(OH)–C–C–N with tert-alkyl or cyclic N) is 1. The maximum Gasteiger partial charge on any atom is 0.227 e. The predicted molar refractivity (Wildman–Crippen MR) is 104 cm³/mol. The minimum Gasteiger partial charge on any atom is -0.493 e. The summed E-state index contributed by atoms with van der Waals surface area (Å²) in [6.45, 7) is 0.881. The van der Waals surface area contributed by atoms with Gasteiger partial charge in [-0.05, 0) is 41.8 Å². The number of ether oxygens (including phenoxy) is 3. The van der Waals surface area contributed by atoms with Gasteiger partial charge in [-0.25, -0.2) is 0 Å². The maximum atomic E-state index is 12.8. The van der Waals surface area contributed by atoms with Crippen molar-refractivity contribution in [3.05, 3.63) is 47.8 Å². The largest absolute Gasteiger partial charge is 0.493 e. The number of benzene rings is 1. The van der Waals surface area contributed by atoms with Crippen LogP contribution in [0.1, 0.15) is 11.1 Å². The second-order valence-electron chi connectivity index (χ2n) is 6.90. The number of methoxy groups -OCH3 is 3. The highest BCUT2D eigenvalue weighted by Gasteiger charge is 2.34. The van der Waals surface area contributed by atoms with E-state index in [4.69, 9.17) is 14.2 Å². The number of carbonyl (C=O) groups excluding carboxylic acids is 1. The molecule has 2 atom stereocenters. The summed E-state index contributed by atoms with van der Waals surface area (Å²) in [5.74, 6) is 1.51. The van der Waals surface area contributed by atoms with Crippen LogP contribution in [0.25, 0.3) is 0 Å². The maximum absolute atomic E-state index is 12.8. The Labute approximate surface area is 164 Å². The van der Waals surface area contributed by atoms with Crippen LogP contribution in [0.5, 0.6) is 17.2 Å². The van der Waals surface area contributed by atoms with Gasteiger partial charge in [0.1, 0.15) is 0 Å². The van der Waals surface area contributed by atoms with Gasteiger partial charge in [0.05, 0.1) is 33.9 Å². The summed E-state index contributed by atoms with van der Waals surface area (Å²) in [4.78, 5) is 18.5. The van der Waals surface area contributed by atoms with Crippen LogP contribution in [0.15, 0.2) is 36.7 Å². The molecule has 0 unspecified atom stereocenters.